The molecule has 0 unspecified atom stereocenters. The summed E-state index contributed by atoms with van der Waals surface area (Å²) in [4.78, 5) is 27.2. The second-order valence-electron chi connectivity index (χ2n) is 3.41. The van der Waals surface area contributed by atoms with Gasteiger partial charge in [-0.1, -0.05) is 6.07 Å². The minimum Gasteiger partial charge on any atom is -0.481 e. The Labute approximate surface area is 93.7 Å². The number of carbonyl (C=O) groups is 2. The molecule has 0 fully saturated rings. The molecule has 0 aliphatic carbocycles. The van der Waals surface area contributed by atoms with Gasteiger partial charge >= 0.3 is 5.97 Å². The molecular weight excluding hydrogens is 208 g/mol. The third-order valence-corrected chi connectivity index (χ3v) is 2.12. The van der Waals surface area contributed by atoms with Crippen LogP contribution in [0.3, 0.4) is 0 Å². The number of hydrogen-bond acceptors (Lipinski definition) is 3. The molecule has 5 heteroatoms. The molecule has 0 bridgehead atoms. The Morgan fingerprint density at radius 3 is 2.69 bits per heavy atom. The lowest BCUT2D eigenvalue weighted by Gasteiger charge is -2.19. The van der Waals surface area contributed by atoms with E-state index in [9.17, 15) is 9.59 Å². The zero-order chi connectivity index (χ0) is 12.0. The van der Waals surface area contributed by atoms with Gasteiger partial charge in [-0.05, 0) is 12.1 Å². The van der Waals surface area contributed by atoms with Crippen LogP contribution in [0.1, 0.15) is 19.0 Å². The van der Waals surface area contributed by atoms with Crippen molar-refractivity contribution in [3.63, 3.8) is 0 Å². The van der Waals surface area contributed by atoms with Crippen molar-refractivity contribution in [2.75, 3.05) is 6.54 Å². The number of carbonyl (C=O) groups excluding carboxylic acids is 1. The van der Waals surface area contributed by atoms with Crippen molar-refractivity contribution >= 4 is 11.9 Å². The van der Waals surface area contributed by atoms with Crippen LogP contribution < -0.4 is 0 Å². The maximum atomic E-state index is 11.3. The molecule has 1 aromatic heterocycles. The van der Waals surface area contributed by atoms with Crippen LogP contribution in [0.4, 0.5) is 0 Å². The van der Waals surface area contributed by atoms with Crippen LogP contribution in [-0.2, 0) is 16.1 Å². The van der Waals surface area contributed by atoms with Gasteiger partial charge in [0.15, 0.2) is 0 Å². The summed E-state index contributed by atoms with van der Waals surface area (Å²) in [5.74, 6) is -1.06. The molecule has 1 amide bonds. The van der Waals surface area contributed by atoms with Gasteiger partial charge < -0.3 is 10.0 Å². The molecule has 1 aromatic rings. The minimum atomic E-state index is -0.910. The molecule has 0 spiro atoms. The van der Waals surface area contributed by atoms with Crippen LogP contribution in [0.2, 0.25) is 0 Å². The highest BCUT2D eigenvalue weighted by Crippen LogP contribution is 2.02. The Kier molecular flexibility index (Phi) is 4.44. The first-order chi connectivity index (χ1) is 7.59. The van der Waals surface area contributed by atoms with Gasteiger partial charge in [0.05, 0.1) is 18.7 Å². The molecule has 1 heterocycles. The van der Waals surface area contributed by atoms with E-state index >= 15 is 0 Å². The number of nitrogens with zero attached hydrogens (tertiary/aromatic N) is 2. The second-order valence-corrected chi connectivity index (χ2v) is 3.41. The third-order valence-electron chi connectivity index (χ3n) is 2.12. The smallest absolute Gasteiger partial charge is 0.305 e. The molecule has 86 valence electrons. The standard InChI is InChI=1S/C11H14N2O3/c1-9(14)13(7-5-11(15)16)8-10-4-2-3-6-12-10/h2-4,6H,5,7-8H2,1H3,(H,15,16). The number of carboxylic acids is 1. The van der Waals surface area contributed by atoms with Crippen LogP contribution in [0, 0.1) is 0 Å². The summed E-state index contributed by atoms with van der Waals surface area (Å²) in [6, 6.07) is 5.42. The largest absolute Gasteiger partial charge is 0.481 e. The van der Waals surface area contributed by atoms with Crippen LogP contribution in [-0.4, -0.2) is 33.4 Å². The van der Waals surface area contributed by atoms with E-state index in [2.05, 4.69) is 4.98 Å². The third kappa shape index (κ3) is 4.08. The first-order valence-corrected chi connectivity index (χ1v) is 4.97. The van der Waals surface area contributed by atoms with Gasteiger partial charge in [0.2, 0.25) is 5.91 Å². The average molecular weight is 222 g/mol. The molecule has 16 heavy (non-hydrogen) atoms. The quantitative estimate of drug-likeness (QED) is 0.803. The fourth-order valence-electron chi connectivity index (χ4n) is 1.27. The Bertz CT molecular complexity index is 365. The first kappa shape index (κ1) is 12.2. The highest BCUT2D eigenvalue weighted by Gasteiger charge is 2.11. The number of carboxylic acid groups (broad SMARTS) is 1. The van der Waals surface area contributed by atoms with Gasteiger partial charge in [-0.25, -0.2) is 0 Å². The zero-order valence-corrected chi connectivity index (χ0v) is 9.09. The number of aliphatic carboxylic acids is 1. The molecule has 5 nitrogen and oxygen atoms in total. The van der Waals surface area contributed by atoms with E-state index in [0.717, 1.165) is 5.69 Å². The first-order valence-electron chi connectivity index (χ1n) is 4.97. The highest BCUT2D eigenvalue weighted by molar-refractivity contribution is 5.74. The Balaban J connectivity index is 2.58. The molecule has 1 rings (SSSR count). The van der Waals surface area contributed by atoms with E-state index in [4.69, 9.17) is 5.11 Å². The summed E-state index contributed by atoms with van der Waals surface area (Å²) in [5.41, 5.74) is 0.753. The maximum Gasteiger partial charge on any atom is 0.305 e. The van der Waals surface area contributed by atoms with Crippen molar-refractivity contribution in [2.24, 2.45) is 0 Å². The van der Waals surface area contributed by atoms with E-state index in [0.29, 0.717) is 6.54 Å². The van der Waals surface area contributed by atoms with Crippen LogP contribution in [0.15, 0.2) is 24.4 Å². The lowest BCUT2D eigenvalue weighted by molar-refractivity contribution is -0.138. The molecule has 0 saturated carbocycles. The van der Waals surface area contributed by atoms with Gasteiger partial charge in [-0.3, -0.25) is 14.6 Å². The normalized spacial score (nSPS) is 9.81. The molecule has 1 N–H and O–H groups in total. The highest BCUT2D eigenvalue weighted by atomic mass is 16.4. The molecule has 0 saturated heterocycles. The summed E-state index contributed by atoms with van der Waals surface area (Å²) in [5, 5.41) is 8.56. The Hall–Kier alpha value is -1.91. The molecule has 0 aromatic carbocycles. The van der Waals surface area contributed by atoms with Crippen LogP contribution >= 0.6 is 0 Å². The lowest BCUT2D eigenvalue weighted by Crippen LogP contribution is -2.30. The summed E-state index contributed by atoms with van der Waals surface area (Å²) in [7, 11) is 0. The number of pyridine rings is 1. The summed E-state index contributed by atoms with van der Waals surface area (Å²) in [6.07, 6.45) is 1.59. The summed E-state index contributed by atoms with van der Waals surface area (Å²) < 4.78 is 0. The molecule has 0 atom stereocenters. The van der Waals surface area contributed by atoms with Gasteiger partial charge in [-0.15, -0.1) is 0 Å². The van der Waals surface area contributed by atoms with Crippen LogP contribution in [0.25, 0.3) is 0 Å². The van der Waals surface area contributed by atoms with Crippen molar-refractivity contribution in [1.82, 2.24) is 9.88 Å². The van der Waals surface area contributed by atoms with Crippen molar-refractivity contribution in [3.8, 4) is 0 Å². The Morgan fingerprint density at radius 2 is 2.19 bits per heavy atom. The predicted molar refractivity (Wildman–Crippen MR) is 57.6 cm³/mol. The van der Waals surface area contributed by atoms with E-state index in [1.54, 1.807) is 18.3 Å². The Morgan fingerprint density at radius 1 is 1.44 bits per heavy atom. The molecule has 0 radical (unpaired) electrons. The van der Waals surface area contributed by atoms with E-state index in [-0.39, 0.29) is 18.9 Å². The van der Waals surface area contributed by atoms with Crippen molar-refractivity contribution in [3.05, 3.63) is 30.1 Å². The van der Waals surface area contributed by atoms with Crippen molar-refractivity contribution in [1.29, 1.82) is 0 Å². The lowest BCUT2D eigenvalue weighted by atomic mass is 10.3. The van der Waals surface area contributed by atoms with Gasteiger partial charge in [-0.2, -0.15) is 0 Å². The summed E-state index contributed by atoms with van der Waals surface area (Å²) >= 11 is 0. The molecular formula is C11H14N2O3. The summed E-state index contributed by atoms with van der Waals surface area (Å²) in [6.45, 7) is 1.98. The zero-order valence-electron chi connectivity index (χ0n) is 9.09. The maximum absolute atomic E-state index is 11.3. The number of rotatable bonds is 5. The SMILES string of the molecule is CC(=O)N(CCC(=O)O)Cc1ccccn1. The van der Waals surface area contributed by atoms with Crippen LogP contribution in [0.5, 0.6) is 0 Å². The topological polar surface area (TPSA) is 70.5 Å². The van der Waals surface area contributed by atoms with Crippen molar-refractivity contribution in [2.45, 2.75) is 19.9 Å². The fraction of sp³-hybridized carbons (Fsp3) is 0.364. The number of hydrogen-bond donors (Lipinski definition) is 1. The van der Waals surface area contributed by atoms with E-state index < -0.39 is 5.97 Å². The fourth-order valence-corrected chi connectivity index (χ4v) is 1.27. The predicted octanol–water partition coefficient (Wildman–Crippen LogP) is 0.905. The molecule has 0 aliphatic heterocycles. The molecule has 0 aliphatic rings. The minimum absolute atomic E-state index is 0.0492. The number of amides is 1. The van der Waals surface area contributed by atoms with Crippen molar-refractivity contribution < 1.29 is 14.7 Å². The van der Waals surface area contributed by atoms with E-state index in [1.165, 1.54) is 11.8 Å². The van der Waals surface area contributed by atoms with Gasteiger partial charge in [0, 0.05) is 19.7 Å². The van der Waals surface area contributed by atoms with Gasteiger partial charge in [0.1, 0.15) is 0 Å². The average Bonchev–Trinajstić information content (AvgIpc) is 2.25. The monoisotopic (exact) mass is 222 g/mol. The van der Waals surface area contributed by atoms with Gasteiger partial charge in [0.25, 0.3) is 0 Å². The second kappa shape index (κ2) is 5.85. The number of aromatic nitrogens is 1. The van der Waals surface area contributed by atoms with E-state index in [1.807, 2.05) is 6.07 Å².